The highest BCUT2D eigenvalue weighted by Crippen LogP contribution is 2.43. The quantitative estimate of drug-likeness (QED) is 0.508. The zero-order valence-corrected chi connectivity index (χ0v) is 19.2. The van der Waals surface area contributed by atoms with Crippen molar-refractivity contribution in [2.45, 2.75) is 50.0 Å². The van der Waals surface area contributed by atoms with Crippen LogP contribution in [-0.4, -0.2) is 35.7 Å². The highest BCUT2D eigenvalue weighted by Gasteiger charge is 2.51. The molecular weight excluding hydrogens is 427 g/mol. The second kappa shape index (κ2) is 8.88. The lowest BCUT2D eigenvalue weighted by atomic mass is 9.88. The second-order valence-electron chi connectivity index (χ2n) is 9.54. The van der Waals surface area contributed by atoms with Crippen molar-refractivity contribution >= 4 is 6.02 Å². The van der Waals surface area contributed by atoms with E-state index in [1.165, 1.54) is 28.8 Å². The monoisotopic (exact) mass is 456 g/mol. The van der Waals surface area contributed by atoms with Crippen LogP contribution < -0.4 is 0 Å². The van der Waals surface area contributed by atoms with Gasteiger partial charge in [0.15, 0.2) is 5.60 Å². The number of fused-ring (bicyclic) bond motifs is 1. The van der Waals surface area contributed by atoms with Crippen molar-refractivity contribution in [2.75, 3.05) is 13.1 Å². The Balaban J connectivity index is 1.25. The van der Waals surface area contributed by atoms with Gasteiger partial charge < -0.3 is 14.4 Å². The van der Waals surface area contributed by atoms with Crippen LogP contribution in [0.15, 0.2) is 83.9 Å². The minimum Gasteiger partial charge on any atom is -0.454 e. The molecule has 0 amide bonds. The minimum atomic E-state index is -0.394. The summed E-state index contributed by atoms with van der Waals surface area (Å²) in [5, 5.41) is 0. The first kappa shape index (κ1) is 21.4. The molecule has 0 bridgehead atoms. The molecule has 1 fully saturated rings. The van der Waals surface area contributed by atoms with Gasteiger partial charge in [0.1, 0.15) is 5.82 Å². The fraction of sp³-hybridized carbons (Fsp3) is 0.345. The molecule has 2 heterocycles. The van der Waals surface area contributed by atoms with Gasteiger partial charge in [-0.25, -0.2) is 9.38 Å². The van der Waals surface area contributed by atoms with E-state index in [-0.39, 0.29) is 18.0 Å². The number of rotatable bonds is 4. The highest BCUT2D eigenvalue weighted by atomic mass is 19.1. The number of benzene rings is 3. The molecule has 3 aliphatic rings. The van der Waals surface area contributed by atoms with Crippen LogP contribution in [0.5, 0.6) is 0 Å². The normalized spacial score (nSPS) is 25.8. The summed E-state index contributed by atoms with van der Waals surface area (Å²) in [7, 11) is 0. The van der Waals surface area contributed by atoms with E-state index in [0.717, 1.165) is 37.8 Å². The first-order chi connectivity index (χ1) is 16.7. The van der Waals surface area contributed by atoms with Crippen molar-refractivity contribution in [3.63, 3.8) is 0 Å². The Hall–Kier alpha value is -3.18. The molecule has 6 rings (SSSR count). The van der Waals surface area contributed by atoms with Crippen molar-refractivity contribution in [3.05, 3.63) is 107 Å². The van der Waals surface area contributed by atoms with Crippen molar-refractivity contribution in [2.24, 2.45) is 4.99 Å². The third-order valence-electron chi connectivity index (χ3n) is 7.44. The average Bonchev–Trinajstić information content (AvgIpc) is 3.50. The molecule has 174 valence electrons. The maximum absolute atomic E-state index is 13.7. The Morgan fingerprint density at radius 1 is 1.00 bits per heavy atom. The van der Waals surface area contributed by atoms with E-state index in [2.05, 4.69) is 41.3 Å². The summed E-state index contributed by atoms with van der Waals surface area (Å²) >= 11 is 0. The number of halogens is 1. The molecule has 0 N–H and O–H groups in total. The number of hydrogen-bond donors (Lipinski definition) is 0. The molecule has 4 nitrogen and oxygen atoms in total. The third-order valence-corrected chi connectivity index (χ3v) is 7.44. The van der Waals surface area contributed by atoms with E-state index in [4.69, 9.17) is 14.5 Å². The van der Waals surface area contributed by atoms with Crippen LogP contribution in [0.4, 0.5) is 4.39 Å². The van der Waals surface area contributed by atoms with E-state index in [0.29, 0.717) is 19.2 Å². The van der Waals surface area contributed by atoms with Crippen LogP contribution >= 0.6 is 0 Å². The molecular formula is C29H29FN2O2. The molecule has 0 unspecified atom stereocenters. The fourth-order valence-electron chi connectivity index (χ4n) is 5.69. The van der Waals surface area contributed by atoms with Gasteiger partial charge in [0.2, 0.25) is 0 Å². The van der Waals surface area contributed by atoms with Crippen molar-refractivity contribution in [3.8, 4) is 0 Å². The number of ether oxygens (including phenoxy) is 2. The summed E-state index contributed by atoms with van der Waals surface area (Å²) in [5.41, 5.74) is 4.38. The maximum atomic E-state index is 13.7. The SMILES string of the molecule is Fc1ccc([C@H]2c3ccccc3CCN2C2=NC[C@@]3(CCC[C@@H]3OCc3ccccc3)O2)cc1. The topological polar surface area (TPSA) is 34.1 Å². The van der Waals surface area contributed by atoms with Gasteiger partial charge in [-0.3, -0.25) is 0 Å². The maximum Gasteiger partial charge on any atom is 0.288 e. The van der Waals surface area contributed by atoms with E-state index < -0.39 is 5.60 Å². The molecule has 3 aromatic rings. The number of aliphatic imine (C=N–C) groups is 1. The lowest BCUT2D eigenvalue weighted by molar-refractivity contribution is -0.0780. The Labute approximate surface area is 200 Å². The van der Waals surface area contributed by atoms with Gasteiger partial charge in [0.25, 0.3) is 6.02 Å². The molecule has 0 saturated heterocycles. The largest absolute Gasteiger partial charge is 0.454 e. The molecule has 3 aromatic carbocycles. The fourth-order valence-corrected chi connectivity index (χ4v) is 5.69. The Morgan fingerprint density at radius 2 is 1.79 bits per heavy atom. The summed E-state index contributed by atoms with van der Waals surface area (Å²) in [6, 6.07) is 26.3. The first-order valence-corrected chi connectivity index (χ1v) is 12.2. The summed E-state index contributed by atoms with van der Waals surface area (Å²) in [5.74, 6) is -0.225. The van der Waals surface area contributed by atoms with Crippen molar-refractivity contribution < 1.29 is 13.9 Å². The standard InChI is InChI=1S/C29H29FN2O2/c30-24-14-12-23(13-15-24)27-25-10-5-4-9-22(25)16-18-32(27)28-31-20-29(34-28)17-6-11-26(29)33-19-21-7-2-1-3-8-21/h1-5,7-10,12-15,26-27H,6,11,16-20H2/t26-,27-,29+/m0/s1. The molecule has 5 heteroatoms. The van der Waals surface area contributed by atoms with Gasteiger partial charge in [0.05, 0.1) is 25.3 Å². The second-order valence-corrected chi connectivity index (χ2v) is 9.54. The number of amidine groups is 1. The Kier molecular flexibility index (Phi) is 5.58. The van der Waals surface area contributed by atoms with E-state index in [1.54, 1.807) is 0 Å². The lowest BCUT2D eigenvalue weighted by Crippen LogP contribution is -2.47. The van der Waals surface area contributed by atoms with Crippen LogP contribution in [0.3, 0.4) is 0 Å². The first-order valence-electron chi connectivity index (χ1n) is 12.2. The summed E-state index contributed by atoms with van der Waals surface area (Å²) in [6.07, 6.45) is 3.96. The Morgan fingerprint density at radius 3 is 2.65 bits per heavy atom. The van der Waals surface area contributed by atoms with Crippen LogP contribution in [0.2, 0.25) is 0 Å². The van der Waals surface area contributed by atoms with Crippen LogP contribution in [0, 0.1) is 5.82 Å². The number of hydrogen-bond acceptors (Lipinski definition) is 4. The van der Waals surface area contributed by atoms with Crippen molar-refractivity contribution in [1.82, 2.24) is 4.90 Å². The van der Waals surface area contributed by atoms with Crippen molar-refractivity contribution in [1.29, 1.82) is 0 Å². The number of nitrogens with zero attached hydrogens (tertiary/aromatic N) is 2. The molecule has 1 saturated carbocycles. The molecule has 0 radical (unpaired) electrons. The Bertz CT molecular complexity index is 1180. The highest BCUT2D eigenvalue weighted by molar-refractivity contribution is 5.78. The summed E-state index contributed by atoms with van der Waals surface area (Å²) < 4.78 is 26.8. The molecule has 1 spiro atoms. The molecule has 0 aromatic heterocycles. The van der Waals surface area contributed by atoms with Crippen LogP contribution in [-0.2, 0) is 22.5 Å². The van der Waals surface area contributed by atoms with Gasteiger partial charge in [-0.1, -0.05) is 66.7 Å². The molecule has 3 atom stereocenters. The lowest BCUT2D eigenvalue weighted by Gasteiger charge is -2.40. The van der Waals surface area contributed by atoms with Crippen LogP contribution in [0.25, 0.3) is 0 Å². The summed E-state index contributed by atoms with van der Waals surface area (Å²) in [4.78, 5) is 7.19. The van der Waals surface area contributed by atoms with Gasteiger partial charge in [-0.05, 0) is 60.1 Å². The van der Waals surface area contributed by atoms with Gasteiger partial charge in [0, 0.05) is 6.54 Å². The average molecular weight is 457 g/mol. The smallest absolute Gasteiger partial charge is 0.288 e. The van der Waals surface area contributed by atoms with Gasteiger partial charge in [-0.2, -0.15) is 0 Å². The van der Waals surface area contributed by atoms with Gasteiger partial charge >= 0.3 is 0 Å². The van der Waals surface area contributed by atoms with E-state index in [1.807, 2.05) is 30.3 Å². The molecule has 34 heavy (non-hydrogen) atoms. The zero-order chi connectivity index (χ0) is 23.0. The van der Waals surface area contributed by atoms with Gasteiger partial charge in [-0.15, -0.1) is 0 Å². The minimum absolute atomic E-state index is 0.0234. The van der Waals surface area contributed by atoms with E-state index in [9.17, 15) is 4.39 Å². The third kappa shape index (κ3) is 3.88. The predicted octanol–water partition coefficient (Wildman–Crippen LogP) is 5.67. The molecule has 2 aliphatic heterocycles. The molecule has 1 aliphatic carbocycles. The summed E-state index contributed by atoms with van der Waals surface area (Å²) in [6.45, 7) is 2.01. The van der Waals surface area contributed by atoms with E-state index >= 15 is 0 Å². The van der Waals surface area contributed by atoms with Crippen LogP contribution in [0.1, 0.15) is 47.6 Å². The predicted molar refractivity (Wildman–Crippen MR) is 130 cm³/mol. The zero-order valence-electron chi connectivity index (χ0n) is 19.2.